The Hall–Kier alpha value is -2.93. The molecule has 152 valence electrons. The van der Waals surface area contributed by atoms with E-state index in [2.05, 4.69) is 15.0 Å². The van der Waals surface area contributed by atoms with Crippen LogP contribution in [0, 0.1) is 26.6 Å². The van der Waals surface area contributed by atoms with Crippen molar-refractivity contribution in [3.8, 4) is 5.82 Å². The number of nitrogens with zero attached hydrogens (tertiary/aromatic N) is 4. The summed E-state index contributed by atoms with van der Waals surface area (Å²) in [5.41, 5.74) is 3.58. The quantitative estimate of drug-likeness (QED) is 0.618. The number of carbonyl (C=O) groups excluding carboxylic acids is 1. The second-order valence-electron chi connectivity index (χ2n) is 7.58. The fourth-order valence-electron chi connectivity index (χ4n) is 3.96. The Morgan fingerprint density at radius 1 is 1.07 bits per heavy atom. The first-order valence-electron chi connectivity index (χ1n) is 9.81. The number of piperazine rings is 1. The highest BCUT2D eigenvalue weighted by atomic mass is 19.1. The van der Waals surface area contributed by atoms with Crippen molar-refractivity contribution in [1.29, 1.82) is 0 Å². The molecule has 4 rings (SSSR count). The fourth-order valence-corrected chi connectivity index (χ4v) is 3.96. The van der Waals surface area contributed by atoms with Crippen LogP contribution in [0.4, 0.5) is 10.1 Å². The first-order valence-corrected chi connectivity index (χ1v) is 9.81. The lowest BCUT2D eigenvalue weighted by molar-refractivity contribution is 0.0926. The van der Waals surface area contributed by atoms with Gasteiger partial charge in [-0.2, -0.15) is 0 Å². The number of hydrogen-bond acceptors (Lipinski definition) is 5. The molecule has 6 nitrogen and oxygen atoms in total. The molecular formula is C22H25FN4O2. The van der Waals surface area contributed by atoms with E-state index in [-0.39, 0.29) is 11.6 Å². The molecule has 0 saturated carbocycles. The molecule has 1 aliphatic heterocycles. The number of benzene rings is 1. The molecule has 0 spiro atoms. The van der Waals surface area contributed by atoms with E-state index in [0.29, 0.717) is 12.4 Å². The molecule has 0 amide bonds. The monoisotopic (exact) mass is 396 g/mol. The lowest BCUT2D eigenvalue weighted by Crippen LogP contribution is -2.48. The molecule has 0 N–H and O–H groups in total. The summed E-state index contributed by atoms with van der Waals surface area (Å²) in [6.45, 7) is 9.37. The molecule has 0 radical (unpaired) electrons. The highest BCUT2D eigenvalue weighted by molar-refractivity contribution is 5.99. The maximum atomic E-state index is 13.1. The van der Waals surface area contributed by atoms with Crippen molar-refractivity contribution in [3.05, 3.63) is 64.9 Å². The minimum Gasteiger partial charge on any atom is -0.369 e. The summed E-state index contributed by atoms with van der Waals surface area (Å²) >= 11 is 0. The van der Waals surface area contributed by atoms with Crippen molar-refractivity contribution >= 4 is 11.5 Å². The van der Waals surface area contributed by atoms with Gasteiger partial charge >= 0.3 is 0 Å². The zero-order chi connectivity index (χ0) is 20.5. The van der Waals surface area contributed by atoms with Crippen LogP contribution in [0.15, 0.2) is 40.9 Å². The van der Waals surface area contributed by atoms with E-state index >= 15 is 0 Å². The summed E-state index contributed by atoms with van der Waals surface area (Å²) in [6.07, 6.45) is 0. The van der Waals surface area contributed by atoms with E-state index in [1.807, 2.05) is 37.5 Å². The van der Waals surface area contributed by atoms with Gasteiger partial charge in [0.1, 0.15) is 11.6 Å². The lowest BCUT2D eigenvalue weighted by Gasteiger charge is -2.35. The van der Waals surface area contributed by atoms with Crippen molar-refractivity contribution in [2.24, 2.45) is 0 Å². The van der Waals surface area contributed by atoms with Crippen molar-refractivity contribution in [2.45, 2.75) is 20.8 Å². The molecule has 29 heavy (non-hydrogen) atoms. The van der Waals surface area contributed by atoms with E-state index < -0.39 is 0 Å². The van der Waals surface area contributed by atoms with Gasteiger partial charge in [-0.25, -0.2) is 4.39 Å². The summed E-state index contributed by atoms with van der Waals surface area (Å²) in [4.78, 5) is 17.4. The predicted molar refractivity (Wildman–Crippen MR) is 109 cm³/mol. The van der Waals surface area contributed by atoms with Crippen molar-refractivity contribution < 1.29 is 13.7 Å². The first-order chi connectivity index (χ1) is 13.9. The van der Waals surface area contributed by atoms with E-state index in [4.69, 9.17) is 4.52 Å². The van der Waals surface area contributed by atoms with E-state index in [1.54, 1.807) is 12.1 Å². The predicted octanol–water partition coefficient (Wildman–Crippen LogP) is 3.53. The van der Waals surface area contributed by atoms with Gasteiger partial charge in [0.15, 0.2) is 11.6 Å². The molecular weight excluding hydrogens is 371 g/mol. The van der Waals surface area contributed by atoms with Gasteiger partial charge in [0.05, 0.1) is 6.54 Å². The number of rotatable bonds is 5. The van der Waals surface area contributed by atoms with E-state index in [0.717, 1.165) is 54.6 Å². The zero-order valence-electron chi connectivity index (χ0n) is 17.0. The number of anilines is 1. The molecule has 1 fully saturated rings. The van der Waals surface area contributed by atoms with Crippen LogP contribution < -0.4 is 4.90 Å². The van der Waals surface area contributed by atoms with Gasteiger partial charge in [-0.3, -0.25) is 14.3 Å². The average molecular weight is 396 g/mol. The van der Waals surface area contributed by atoms with Crippen LogP contribution in [-0.4, -0.2) is 53.1 Å². The van der Waals surface area contributed by atoms with Crippen LogP contribution in [0.1, 0.15) is 27.5 Å². The van der Waals surface area contributed by atoms with Crippen LogP contribution in [0.25, 0.3) is 5.82 Å². The number of aromatic nitrogens is 2. The highest BCUT2D eigenvalue weighted by Gasteiger charge is 2.23. The van der Waals surface area contributed by atoms with Crippen molar-refractivity contribution in [1.82, 2.24) is 14.6 Å². The van der Waals surface area contributed by atoms with Crippen LogP contribution in [0.5, 0.6) is 0 Å². The molecule has 7 heteroatoms. The lowest BCUT2D eigenvalue weighted by atomic mass is 10.1. The molecule has 2 aromatic heterocycles. The van der Waals surface area contributed by atoms with Crippen LogP contribution in [-0.2, 0) is 0 Å². The molecule has 1 aromatic carbocycles. The van der Waals surface area contributed by atoms with Crippen molar-refractivity contribution in [3.63, 3.8) is 0 Å². The summed E-state index contributed by atoms with van der Waals surface area (Å²) in [6, 6.07) is 10.4. The maximum Gasteiger partial charge on any atom is 0.180 e. The Bertz CT molecular complexity index is 1010. The Morgan fingerprint density at radius 3 is 2.38 bits per heavy atom. The van der Waals surface area contributed by atoms with Crippen LogP contribution in [0.3, 0.4) is 0 Å². The number of ketones is 1. The average Bonchev–Trinajstić information content (AvgIpc) is 3.25. The maximum absolute atomic E-state index is 13.1. The van der Waals surface area contributed by atoms with Crippen LogP contribution >= 0.6 is 0 Å². The van der Waals surface area contributed by atoms with Gasteiger partial charge in [0.2, 0.25) is 0 Å². The Labute approximate surface area is 169 Å². The number of aryl methyl sites for hydroxylation is 2. The van der Waals surface area contributed by atoms with E-state index in [1.165, 1.54) is 12.1 Å². The topological polar surface area (TPSA) is 54.5 Å². The van der Waals surface area contributed by atoms with Gasteiger partial charge in [0.25, 0.3) is 0 Å². The standard InChI is InChI=1S/C22H25FN4O2/c1-15-12-20(17(3)27(15)22-13-16(2)29-24-22)21(28)14-25-8-10-26(11-9-25)19-6-4-18(23)5-7-19/h4-7,12-13H,8-11,14H2,1-3H3. The third kappa shape index (κ3) is 3.96. The third-order valence-corrected chi connectivity index (χ3v) is 5.51. The van der Waals surface area contributed by atoms with E-state index in [9.17, 15) is 9.18 Å². The second-order valence-corrected chi connectivity index (χ2v) is 7.58. The zero-order valence-corrected chi connectivity index (χ0v) is 17.0. The molecule has 1 saturated heterocycles. The number of carbonyl (C=O) groups is 1. The number of Topliss-reactive ketones (excluding diaryl/α,β-unsaturated/α-hetero) is 1. The smallest absolute Gasteiger partial charge is 0.180 e. The largest absolute Gasteiger partial charge is 0.369 e. The molecule has 3 heterocycles. The number of halogens is 1. The SMILES string of the molecule is Cc1cc(-n2c(C)cc(C(=O)CN3CCN(c4ccc(F)cc4)CC3)c2C)no1. The Balaban J connectivity index is 1.41. The third-order valence-electron chi connectivity index (χ3n) is 5.51. The van der Waals surface area contributed by atoms with Gasteiger partial charge in [-0.15, -0.1) is 0 Å². The molecule has 0 unspecified atom stereocenters. The molecule has 3 aromatic rings. The molecule has 0 bridgehead atoms. The molecule has 1 aliphatic rings. The normalized spacial score (nSPS) is 15.1. The van der Waals surface area contributed by atoms with Gasteiger partial charge < -0.3 is 9.42 Å². The minimum absolute atomic E-state index is 0.111. The fraction of sp³-hybridized carbons (Fsp3) is 0.364. The van der Waals surface area contributed by atoms with Gasteiger partial charge in [0, 0.05) is 54.9 Å². The van der Waals surface area contributed by atoms with Gasteiger partial charge in [-0.1, -0.05) is 5.16 Å². The first kappa shape index (κ1) is 19.4. The summed E-state index contributed by atoms with van der Waals surface area (Å²) < 4.78 is 20.3. The van der Waals surface area contributed by atoms with Gasteiger partial charge in [-0.05, 0) is 51.1 Å². The summed E-state index contributed by atoms with van der Waals surface area (Å²) in [5, 5.41) is 4.08. The summed E-state index contributed by atoms with van der Waals surface area (Å²) in [5.74, 6) is 1.32. The molecule has 0 atom stereocenters. The Morgan fingerprint density at radius 2 is 1.76 bits per heavy atom. The summed E-state index contributed by atoms with van der Waals surface area (Å²) in [7, 11) is 0. The second kappa shape index (κ2) is 7.83. The van der Waals surface area contributed by atoms with Crippen LogP contribution in [0.2, 0.25) is 0 Å². The Kier molecular flexibility index (Phi) is 5.24. The van der Waals surface area contributed by atoms with Crippen molar-refractivity contribution in [2.75, 3.05) is 37.6 Å². The molecule has 0 aliphatic carbocycles. The number of hydrogen-bond donors (Lipinski definition) is 0. The highest BCUT2D eigenvalue weighted by Crippen LogP contribution is 2.22. The minimum atomic E-state index is -0.226.